The van der Waals surface area contributed by atoms with E-state index in [4.69, 9.17) is 0 Å². The summed E-state index contributed by atoms with van der Waals surface area (Å²) in [7, 11) is 0. The molecule has 0 spiro atoms. The van der Waals surface area contributed by atoms with Crippen LogP contribution >= 0.6 is 0 Å². The highest BCUT2D eigenvalue weighted by Crippen LogP contribution is 2.11. The number of carbonyl (C=O) groups excluding carboxylic acids is 1. The summed E-state index contributed by atoms with van der Waals surface area (Å²) in [6, 6.07) is -0.410. The van der Waals surface area contributed by atoms with Gasteiger partial charge >= 0.3 is 5.91 Å². The van der Waals surface area contributed by atoms with E-state index < -0.39 is 17.9 Å². The minimum atomic E-state index is -1.01. The van der Waals surface area contributed by atoms with E-state index in [9.17, 15) is 9.18 Å². The van der Waals surface area contributed by atoms with Crippen molar-refractivity contribution in [3.8, 4) is 0 Å². The first-order chi connectivity index (χ1) is 5.77. The number of hydrogen-bond donors (Lipinski definition) is 0. The molecule has 1 aliphatic carbocycles. The molecule has 2 aliphatic rings. The van der Waals surface area contributed by atoms with Crippen molar-refractivity contribution in [3.63, 3.8) is 0 Å². The molecule has 1 unspecified atom stereocenters. The normalized spacial score (nSPS) is 26.4. The molecular weight excluding hydrogens is 159 g/mol. The third-order valence-corrected chi connectivity index (χ3v) is 1.63. The number of rotatable bonds is 0. The molecule has 0 N–H and O–H groups in total. The van der Waals surface area contributed by atoms with Gasteiger partial charge < -0.3 is 0 Å². The quantitative estimate of drug-likeness (QED) is 0.522. The summed E-state index contributed by atoms with van der Waals surface area (Å²) in [5, 5.41) is 0. The molecule has 4 heteroatoms. The molecule has 0 aromatic carbocycles. The molecule has 0 radical (unpaired) electrons. The number of amides is 1. The Bertz CT molecular complexity index is 352. The fourth-order valence-electron chi connectivity index (χ4n) is 1.07. The summed E-state index contributed by atoms with van der Waals surface area (Å²) < 4.78 is 12.6. The summed E-state index contributed by atoms with van der Waals surface area (Å²) >= 11 is 0. The third-order valence-electron chi connectivity index (χ3n) is 1.63. The van der Waals surface area contributed by atoms with Gasteiger partial charge in [-0.25, -0.2) is 9.98 Å². The summed E-state index contributed by atoms with van der Waals surface area (Å²) in [6.45, 7) is 0. The van der Waals surface area contributed by atoms with Crippen LogP contribution in [0.3, 0.4) is 0 Å². The van der Waals surface area contributed by atoms with E-state index in [1.54, 1.807) is 24.3 Å². The number of halogens is 1. The first-order valence-electron chi connectivity index (χ1n) is 3.48. The topological polar surface area (TPSA) is 41.8 Å². The van der Waals surface area contributed by atoms with Crippen LogP contribution in [0.5, 0.6) is 0 Å². The number of allylic oxidation sites excluding steroid dienone is 2. The van der Waals surface area contributed by atoms with Gasteiger partial charge in [-0.1, -0.05) is 18.2 Å². The largest absolute Gasteiger partial charge is 0.325 e. The van der Waals surface area contributed by atoms with Crippen LogP contribution < -0.4 is 0 Å². The predicted octanol–water partition coefficient (Wildman–Crippen LogP) is 0.830. The number of carbonyl (C=O) groups is 1. The molecule has 0 bridgehead atoms. The van der Waals surface area contributed by atoms with Gasteiger partial charge in [-0.15, -0.1) is 0 Å². The lowest BCUT2D eigenvalue weighted by Gasteiger charge is -2.13. The lowest BCUT2D eigenvalue weighted by atomic mass is 10.1. The Hall–Kier alpha value is -1.58. The van der Waals surface area contributed by atoms with E-state index in [0.717, 1.165) is 0 Å². The van der Waals surface area contributed by atoms with Crippen molar-refractivity contribution in [2.24, 2.45) is 9.98 Å². The molecule has 0 saturated carbocycles. The maximum atomic E-state index is 12.6. The molecule has 0 aromatic rings. The highest BCUT2D eigenvalue weighted by atomic mass is 19.1. The van der Waals surface area contributed by atoms with Crippen molar-refractivity contribution >= 4 is 17.6 Å². The minimum Gasteiger partial charge on any atom is -0.262 e. The third kappa shape index (κ3) is 1.01. The average molecular weight is 164 g/mol. The molecule has 0 fully saturated rings. The number of fused-ring (bicyclic) bond motifs is 1. The first-order valence-corrected chi connectivity index (χ1v) is 3.48. The van der Waals surface area contributed by atoms with Crippen LogP contribution in [0.1, 0.15) is 0 Å². The molecule has 12 heavy (non-hydrogen) atoms. The van der Waals surface area contributed by atoms with Crippen LogP contribution in [-0.2, 0) is 4.79 Å². The molecule has 3 nitrogen and oxygen atoms in total. The van der Waals surface area contributed by atoms with Gasteiger partial charge in [0.25, 0.3) is 5.97 Å². The zero-order valence-electron chi connectivity index (χ0n) is 6.07. The highest BCUT2D eigenvalue weighted by Gasteiger charge is 2.23. The van der Waals surface area contributed by atoms with Crippen LogP contribution in [0, 0.1) is 0 Å². The smallest absolute Gasteiger partial charge is 0.262 e. The van der Waals surface area contributed by atoms with E-state index >= 15 is 0 Å². The lowest BCUT2D eigenvalue weighted by molar-refractivity contribution is -0.112. The van der Waals surface area contributed by atoms with Gasteiger partial charge in [-0.05, 0) is 6.08 Å². The van der Waals surface area contributed by atoms with Crippen LogP contribution in [-0.4, -0.2) is 23.6 Å². The first kappa shape index (κ1) is 7.09. The van der Waals surface area contributed by atoms with Gasteiger partial charge in [0.15, 0.2) is 0 Å². The SMILES string of the molecule is O=C1N=C2C=CC=CC2N=C1F. The monoisotopic (exact) mass is 164 g/mol. The van der Waals surface area contributed by atoms with Crippen LogP contribution in [0.4, 0.5) is 4.39 Å². The molecule has 2 rings (SSSR count). The van der Waals surface area contributed by atoms with E-state index in [-0.39, 0.29) is 0 Å². The number of aliphatic imine (C=N–C) groups is 2. The molecule has 1 aliphatic heterocycles. The van der Waals surface area contributed by atoms with Crippen molar-refractivity contribution in [3.05, 3.63) is 24.3 Å². The Labute approximate surface area is 68.0 Å². The lowest BCUT2D eigenvalue weighted by Crippen LogP contribution is -2.26. The molecule has 60 valence electrons. The van der Waals surface area contributed by atoms with Gasteiger partial charge in [0.1, 0.15) is 6.04 Å². The highest BCUT2D eigenvalue weighted by molar-refractivity contribution is 6.39. The fourth-order valence-corrected chi connectivity index (χ4v) is 1.07. The maximum Gasteiger partial charge on any atom is 0.325 e. The molecule has 0 aromatic heterocycles. The molecule has 1 heterocycles. The summed E-state index contributed by atoms with van der Waals surface area (Å²) in [5.41, 5.74) is 0.504. The zero-order chi connectivity index (χ0) is 8.55. The van der Waals surface area contributed by atoms with Gasteiger partial charge in [0, 0.05) is 0 Å². The maximum absolute atomic E-state index is 12.6. The van der Waals surface area contributed by atoms with Gasteiger partial charge in [0.05, 0.1) is 5.71 Å². The van der Waals surface area contributed by atoms with Crippen molar-refractivity contribution in [1.29, 1.82) is 0 Å². The second-order valence-corrected chi connectivity index (χ2v) is 2.45. The van der Waals surface area contributed by atoms with E-state index in [2.05, 4.69) is 9.98 Å². The van der Waals surface area contributed by atoms with Crippen molar-refractivity contribution in [1.82, 2.24) is 0 Å². The summed E-state index contributed by atoms with van der Waals surface area (Å²) in [5.74, 6) is -1.90. The second-order valence-electron chi connectivity index (χ2n) is 2.45. The van der Waals surface area contributed by atoms with E-state index in [1.165, 1.54) is 0 Å². The second kappa shape index (κ2) is 2.48. The number of hydrogen-bond acceptors (Lipinski definition) is 2. The summed E-state index contributed by atoms with van der Waals surface area (Å²) in [6.07, 6.45) is 6.82. The van der Waals surface area contributed by atoms with Crippen LogP contribution in [0.25, 0.3) is 0 Å². The van der Waals surface area contributed by atoms with Crippen LogP contribution in [0.2, 0.25) is 0 Å². The number of nitrogens with zero attached hydrogens (tertiary/aromatic N) is 2. The van der Waals surface area contributed by atoms with E-state index in [0.29, 0.717) is 5.71 Å². The standard InChI is InChI=1S/C8H5FN2O/c9-7-8(12)11-6-4-2-1-3-5(6)10-7/h1-5H. The van der Waals surface area contributed by atoms with Gasteiger partial charge in [-0.3, -0.25) is 4.79 Å². The predicted molar refractivity (Wildman–Crippen MR) is 43.1 cm³/mol. The van der Waals surface area contributed by atoms with Crippen LogP contribution in [0.15, 0.2) is 34.3 Å². The Balaban J connectivity index is 2.41. The zero-order valence-corrected chi connectivity index (χ0v) is 6.07. The molecule has 1 atom stereocenters. The Morgan fingerprint density at radius 2 is 2.25 bits per heavy atom. The molecular formula is C8H5FN2O. The van der Waals surface area contributed by atoms with Gasteiger partial charge in [0.2, 0.25) is 0 Å². The van der Waals surface area contributed by atoms with Crippen molar-refractivity contribution in [2.75, 3.05) is 0 Å². The summed E-state index contributed by atoms with van der Waals surface area (Å²) in [4.78, 5) is 17.7. The van der Waals surface area contributed by atoms with Crippen molar-refractivity contribution < 1.29 is 9.18 Å². The van der Waals surface area contributed by atoms with E-state index in [1.807, 2.05) is 0 Å². The fraction of sp³-hybridized carbons (Fsp3) is 0.125. The van der Waals surface area contributed by atoms with Gasteiger partial charge in [-0.2, -0.15) is 4.39 Å². The Morgan fingerprint density at radius 1 is 1.42 bits per heavy atom. The van der Waals surface area contributed by atoms with Crippen molar-refractivity contribution in [2.45, 2.75) is 6.04 Å². The minimum absolute atomic E-state index is 0.410. The molecule has 0 saturated heterocycles. The Kier molecular flexibility index (Phi) is 1.46. The average Bonchev–Trinajstić information content (AvgIpc) is 2.07. The molecule has 1 amide bonds. The Morgan fingerprint density at radius 3 is 3.08 bits per heavy atom.